The van der Waals surface area contributed by atoms with Crippen LogP contribution in [-0.2, 0) is 42.8 Å². The summed E-state index contributed by atoms with van der Waals surface area (Å²) in [6.45, 7) is 2.04. The number of amides is 2. The lowest BCUT2D eigenvalue weighted by molar-refractivity contribution is -0.386. The van der Waals surface area contributed by atoms with Gasteiger partial charge >= 0.3 is 5.97 Å². The number of carboxylic acids is 1. The molecule has 3 aliphatic heterocycles. The van der Waals surface area contributed by atoms with Crippen molar-refractivity contribution in [2.24, 2.45) is 0 Å². The average molecular weight is 1070 g/mol. The van der Waals surface area contributed by atoms with Gasteiger partial charge in [0.15, 0.2) is 12.6 Å². The van der Waals surface area contributed by atoms with Crippen molar-refractivity contribution in [3.8, 4) is 0 Å². The second-order valence-electron chi connectivity index (χ2n) is 20.1. The normalized spacial score (nSPS) is 32.2. The molecule has 432 valence electrons. The predicted molar refractivity (Wildman–Crippen MR) is 265 cm³/mol. The van der Waals surface area contributed by atoms with E-state index in [1.165, 1.54) is 32.1 Å². The first-order chi connectivity index (χ1) is 35.4. The van der Waals surface area contributed by atoms with Crippen LogP contribution < -0.4 is 10.6 Å². The van der Waals surface area contributed by atoms with Gasteiger partial charge in [0, 0.05) is 19.8 Å². The zero-order valence-corrected chi connectivity index (χ0v) is 43.7. The van der Waals surface area contributed by atoms with Gasteiger partial charge in [-0.15, -0.1) is 0 Å². The number of aliphatic hydroxyl groups excluding tert-OH is 11. The largest absolute Gasteiger partial charge is 0.477 e. The minimum Gasteiger partial charge on any atom is -0.477 e. The van der Waals surface area contributed by atoms with E-state index in [0.717, 1.165) is 77.6 Å². The summed E-state index contributed by atoms with van der Waals surface area (Å²) in [5.74, 6) is -6.12. The summed E-state index contributed by atoms with van der Waals surface area (Å²) >= 11 is 0. The summed E-state index contributed by atoms with van der Waals surface area (Å²) in [4.78, 5) is 38.2. The standard InChI is InChI=1S/C51H92N2O21/c1-4-6-8-10-12-14-16-18-20-22-24-33(58)32(53-38(61)25-23-21-19-17-15-13-11-9-7-5-2)30-69-48-43(65)42(64)45(37(29-56)71-48)72-49-44(66)47(41(63)36(28-55)70-49)74-51(50(67)68)26-34(59)39(52-31(3)57)46(73-51)40(62)35(60)27-54/h11,13,32-37,39-49,54-56,58-60,62-66H,4-10,12,14-30H2,1-3H3,(H,52,57)(H,53,61)(H,67,68)/b13-11-. The van der Waals surface area contributed by atoms with Gasteiger partial charge in [-0.05, 0) is 32.1 Å². The molecule has 3 rings (SSSR count). The number of aliphatic hydroxyl groups is 11. The molecule has 18 atom stereocenters. The van der Waals surface area contributed by atoms with Crippen molar-refractivity contribution in [1.82, 2.24) is 10.6 Å². The maximum absolute atomic E-state index is 13.2. The molecular formula is C51H92N2O21. The zero-order chi connectivity index (χ0) is 54.8. The SMILES string of the molecule is CCCC/C=C\CCCCCCC(=O)NC(COC1OC(CO)C(OC2OC(CO)C(O)C(OC3(C(=O)O)CC(O)C(NC(C)=O)C(C(O)C(O)CO)O3)C2O)C(O)C1O)C(O)CCCCCCCCCCCC. The lowest BCUT2D eigenvalue weighted by Gasteiger charge is -2.50. The fraction of sp³-hybridized carbons (Fsp3) is 0.902. The molecule has 3 fully saturated rings. The topological polar surface area (TPSA) is 373 Å². The number of rotatable bonds is 37. The molecule has 14 N–H and O–H groups in total. The lowest BCUT2D eigenvalue weighted by Crippen LogP contribution is -2.70. The first-order valence-corrected chi connectivity index (χ1v) is 27.0. The Balaban J connectivity index is 1.72. The third-order valence-corrected chi connectivity index (χ3v) is 14.0. The van der Waals surface area contributed by atoms with Gasteiger partial charge in [0.25, 0.3) is 5.79 Å². The highest BCUT2D eigenvalue weighted by Crippen LogP contribution is 2.38. The van der Waals surface area contributed by atoms with Crippen molar-refractivity contribution in [1.29, 1.82) is 0 Å². The van der Waals surface area contributed by atoms with Crippen LogP contribution in [0.2, 0.25) is 0 Å². The Kier molecular flexibility index (Phi) is 31.2. The molecule has 23 heteroatoms. The molecule has 0 aliphatic carbocycles. The Bertz CT molecular complexity index is 1600. The van der Waals surface area contributed by atoms with Crippen molar-refractivity contribution in [2.45, 2.75) is 265 Å². The van der Waals surface area contributed by atoms with Gasteiger partial charge in [-0.2, -0.15) is 0 Å². The van der Waals surface area contributed by atoms with Gasteiger partial charge < -0.3 is 100 Å². The third kappa shape index (κ3) is 20.7. The molecule has 0 radical (unpaired) electrons. The number of allylic oxidation sites excluding steroid dienone is 2. The number of carbonyl (C=O) groups is 3. The van der Waals surface area contributed by atoms with Crippen LogP contribution in [0.25, 0.3) is 0 Å². The Morgan fingerprint density at radius 3 is 1.86 bits per heavy atom. The highest BCUT2D eigenvalue weighted by molar-refractivity contribution is 5.77. The molecule has 18 unspecified atom stereocenters. The fourth-order valence-electron chi connectivity index (χ4n) is 9.51. The molecule has 3 saturated heterocycles. The molecular weight excluding hydrogens is 977 g/mol. The van der Waals surface area contributed by atoms with Crippen LogP contribution in [0.15, 0.2) is 12.2 Å². The molecule has 0 saturated carbocycles. The van der Waals surface area contributed by atoms with E-state index in [4.69, 9.17) is 28.4 Å². The summed E-state index contributed by atoms with van der Waals surface area (Å²) in [6, 6.07) is -2.53. The molecule has 0 spiro atoms. The second-order valence-corrected chi connectivity index (χ2v) is 20.1. The summed E-state index contributed by atoms with van der Waals surface area (Å²) in [7, 11) is 0. The van der Waals surface area contributed by atoms with Gasteiger partial charge in [0.05, 0.1) is 50.7 Å². The van der Waals surface area contributed by atoms with Crippen LogP contribution in [0.4, 0.5) is 0 Å². The van der Waals surface area contributed by atoms with Crippen LogP contribution in [0.3, 0.4) is 0 Å². The first kappa shape index (κ1) is 65.8. The fourth-order valence-corrected chi connectivity index (χ4v) is 9.51. The Morgan fingerprint density at radius 2 is 1.27 bits per heavy atom. The minimum absolute atomic E-state index is 0.208. The van der Waals surface area contributed by atoms with E-state index >= 15 is 0 Å². The zero-order valence-electron chi connectivity index (χ0n) is 43.7. The van der Waals surface area contributed by atoms with Gasteiger partial charge in [-0.3, -0.25) is 9.59 Å². The number of ether oxygens (including phenoxy) is 6. The lowest BCUT2D eigenvalue weighted by atomic mass is 9.88. The average Bonchev–Trinajstić information content (AvgIpc) is 3.37. The van der Waals surface area contributed by atoms with E-state index in [2.05, 4.69) is 36.6 Å². The van der Waals surface area contributed by atoms with E-state index in [-0.39, 0.29) is 18.9 Å². The number of carbonyl (C=O) groups excluding carboxylic acids is 2. The number of unbranched alkanes of at least 4 members (excludes halogenated alkanes) is 15. The summed E-state index contributed by atoms with van der Waals surface area (Å²) in [5, 5.41) is 135. The molecule has 23 nitrogen and oxygen atoms in total. The van der Waals surface area contributed by atoms with Crippen LogP contribution in [0, 0.1) is 0 Å². The van der Waals surface area contributed by atoms with Crippen molar-refractivity contribution < 1.29 is 104 Å². The van der Waals surface area contributed by atoms with E-state index in [9.17, 15) is 75.7 Å². The first-order valence-electron chi connectivity index (χ1n) is 27.0. The van der Waals surface area contributed by atoms with Crippen molar-refractivity contribution in [3.63, 3.8) is 0 Å². The van der Waals surface area contributed by atoms with Gasteiger partial charge in [0.2, 0.25) is 11.8 Å². The highest BCUT2D eigenvalue weighted by Gasteiger charge is 2.60. The van der Waals surface area contributed by atoms with E-state index < -0.39 is 148 Å². The maximum atomic E-state index is 13.2. The third-order valence-electron chi connectivity index (χ3n) is 14.0. The van der Waals surface area contributed by atoms with E-state index in [1.807, 2.05) is 0 Å². The van der Waals surface area contributed by atoms with Gasteiger partial charge in [-0.1, -0.05) is 116 Å². The van der Waals surface area contributed by atoms with E-state index in [0.29, 0.717) is 19.3 Å². The van der Waals surface area contributed by atoms with Crippen LogP contribution in [0.5, 0.6) is 0 Å². The Hall–Kier alpha value is -2.53. The molecule has 74 heavy (non-hydrogen) atoms. The highest BCUT2D eigenvalue weighted by atomic mass is 16.8. The van der Waals surface area contributed by atoms with Crippen molar-refractivity contribution in [3.05, 3.63) is 12.2 Å². The molecule has 0 bridgehead atoms. The monoisotopic (exact) mass is 1070 g/mol. The minimum atomic E-state index is -3.07. The number of nitrogens with one attached hydrogen (secondary N) is 2. The van der Waals surface area contributed by atoms with E-state index in [1.54, 1.807) is 0 Å². The Morgan fingerprint density at radius 1 is 0.689 bits per heavy atom. The van der Waals surface area contributed by atoms with Crippen LogP contribution >= 0.6 is 0 Å². The van der Waals surface area contributed by atoms with Crippen LogP contribution in [-0.4, -0.2) is 215 Å². The number of carboxylic acid groups (broad SMARTS) is 1. The molecule has 3 heterocycles. The Labute approximate surface area is 435 Å². The van der Waals surface area contributed by atoms with Crippen molar-refractivity contribution >= 4 is 17.8 Å². The molecule has 0 aromatic heterocycles. The number of hydrogen-bond donors (Lipinski definition) is 14. The summed E-state index contributed by atoms with van der Waals surface area (Å²) < 4.78 is 34.6. The maximum Gasteiger partial charge on any atom is 0.364 e. The number of aliphatic carboxylic acids is 1. The number of hydrogen-bond acceptors (Lipinski definition) is 20. The van der Waals surface area contributed by atoms with Crippen LogP contribution in [0.1, 0.15) is 156 Å². The quantitative estimate of drug-likeness (QED) is 0.0289. The molecule has 3 aliphatic rings. The van der Waals surface area contributed by atoms with Crippen molar-refractivity contribution in [2.75, 3.05) is 26.4 Å². The molecule has 0 aromatic rings. The molecule has 0 aromatic carbocycles. The molecule has 2 amide bonds. The van der Waals surface area contributed by atoms with Gasteiger partial charge in [-0.25, -0.2) is 4.79 Å². The smallest absolute Gasteiger partial charge is 0.364 e. The summed E-state index contributed by atoms with van der Waals surface area (Å²) in [6.07, 6.45) is -5.61. The second kappa shape index (κ2) is 35.1. The van der Waals surface area contributed by atoms with Gasteiger partial charge in [0.1, 0.15) is 67.1 Å². The predicted octanol–water partition coefficient (Wildman–Crippen LogP) is 0.0446. The summed E-state index contributed by atoms with van der Waals surface area (Å²) in [5.41, 5.74) is 0.